The predicted octanol–water partition coefficient (Wildman–Crippen LogP) is 2.24. The van der Waals surface area contributed by atoms with E-state index in [9.17, 15) is 28.8 Å². The molecule has 13 nitrogen and oxygen atoms in total. The standard InChI is InChI=1S/C34H44N6O7/c1-5-21(4)29(40-32(44)27(15-20(2)3)39-34(46)47-19-22-11-7-6-8-12-22)30(42)33(45)36-18-28(41)38-26(31(35)43)17-24-16-23-13-9-10-14-25(23)37-24/h6-14,16,20-21,26-27,29,37H,5,15,17-19H2,1-4H3,(H2,35,43)(H,36,45)(H,38,41)(H,39,46)(H,40,44). The minimum Gasteiger partial charge on any atom is -0.445 e. The first-order valence-corrected chi connectivity index (χ1v) is 15.6. The highest BCUT2D eigenvalue weighted by atomic mass is 16.5. The van der Waals surface area contributed by atoms with Gasteiger partial charge in [0.2, 0.25) is 23.5 Å². The third-order valence-corrected chi connectivity index (χ3v) is 7.64. The van der Waals surface area contributed by atoms with Crippen LogP contribution in [0.15, 0.2) is 60.7 Å². The zero-order valence-electron chi connectivity index (χ0n) is 27.1. The van der Waals surface area contributed by atoms with Gasteiger partial charge in [-0.2, -0.15) is 0 Å². The minimum absolute atomic E-state index is 0.0000227. The lowest BCUT2D eigenvalue weighted by Crippen LogP contribution is -2.56. The van der Waals surface area contributed by atoms with Gasteiger partial charge in [0.15, 0.2) is 0 Å². The lowest BCUT2D eigenvalue weighted by atomic mass is 9.94. The van der Waals surface area contributed by atoms with Crippen molar-refractivity contribution < 1.29 is 33.5 Å². The molecule has 0 fully saturated rings. The Hall–Kier alpha value is -5.20. The van der Waals surface area contributed by atoms with Crippen LogP contribution in [0.5, 0.6) is 0 Å². The first-order valence-electron chi connectivity index (χ1n) is 15.6. The second-order valence-electron chi connectivity index (χ2n) is 11.9. The number of ketones is 1. The van der Waals surface area contributed by atoms with Crippen molar-refractivity contribution in [3.8, 4) is 0 Å². The van der Waals surface area contributed by atoms with Crippen LogP contribution >= 0.6 is 0 Å². The summed E-state index contributed by atoms with van der Waals surface area (Å²) in [7, 11) is 0. The fraction of sp³-hybridized carbons (Fsp3) is 0.412. The predicted molar refractivity (Wildman–Crippen MR) is 176 cm³/mol. The second-order valence-corrected chi connectivity index (χ2v) is 11.9. The Kier molecular flexibility index (Phi) is 13.5. The number of H-pyrrole nitrogens is 1. The maximum Gasteiger partial charge on any atom is 0.408 e. The molecule has 4 unspecified atom stereocenters. The summed E-state index contributed by atoms with van der Waals surface area (Å²) in [4.78, 5) is 79.8. The van der Waals surface area contributed by atoms with Gasteiger partial charge in [-0.25, -0.2) is 4.79 Å². The van der Waals surface area contributed by atoms with E-state index in [1.807, 2.05) is 62.4 Å². The van der Waals surface area contributed by atoms with E-state index in [4.69, 9.17) is 10.5 Å². The van der Waals surface area contributed by atoms with Crippen LogP contribution in [0.1, 0.15) is 51.8 Å². The van der Waals surface area contributed by atoms with Crippen molar-refractivity contribution in [1.82, 2.24) is 26.3 Å². The number of benzene rings is 2. The van der Waals surface area contributed by atoms with Crippen LogP contribution in [0.4, 0.5) is 4.79 Å². The molecule has 0 spiro atoms. The maximum absolute atomic E-state index is 13.3. The number of primary amides is 1. The van der Waals surface area contributed by atoms with Gasteiger partial charge in [0.25, 0.3) is 5.91 Å². The highest BCUT2D eigenvalue weighted by Crippen LogP contribution is 2.16. The highest BCUT2D eigenvalue weighted by molar-refractivity contribution is 6.38. The molecule has 13 heteroatoms. The lowest BCUT2D eigenvalue weighted by Gasteiger charge is -2.26. The maximum atomic E-state index is 13.3. The molecule has 0 saturated heterocycles. The minimum atomic E-state index is -1.23. The van der Waals surface area contributed by atoms with E-state index in [1.165, 1.54) is 0 Å². The molecule has 2 aromatic carbocycles. The van der Waals surface area contributed by atoms with Gasteiger partial charge in [0, 0.05) is 17.6 Å². The van der Waals surface area contributed by atoms with Gasteiger partial charge >= 0.3 is 6.09 Å². The van der Waals surface area contributed by atoms with Gasteiger partial charge in [-0.1, -0.05) is 82.6 Å². The number of carbonyl (C=O) groups excluding carboxylic acids is 6. The number of ether oxygens (including phenoxy) is 1. The van der Waals surface area contributed by atoms with E-state index < -0.39 is 66.1 Å². The Morgan fingerprint density at radius 1 is 0.872 bits per heavy atom. The quantitative estimate of drug-likeness (QED) is 0.120. The number of aromatic nitrogens is 1. The molecule has 252 valence electrons. The number of fused-ring (bicyclic) bond motifs is 1. The summed E-state index contributed by atoms with van der Waals surface area (Å²) in [6.45, 7) is 6.64. The zero-order chi connectivity index (χ0) is 34.5. The molecule has 0 aliphatic carbocycles. The van der Waals surface area contributed by atoms with E-state index in [-0.39, 0.29) is 25.4 Å². The van der Waals surface area contributed by atoms with E-state index >= 15 is 0 Å². The van der Waals surface area contributed by atoms with Crippen molar-refractivity contribution in [3.63, 3.8) is 0 Å². The van der Waals surface area contributed by atoms with Crippen molar-refractivity contribution in [1.29, 1.82) is 0 Å². The number of carbonyl (C=O) groups is 6. The fourth-order valence-corrected chi connectivity index (χ4v) is 4.89. The summed E-state index contributed by atoms with van der Waals surface area (Å²) in [5, 5.41) is 10.9. The molecule has 4 atom stereocenters. The van der Waals surface area contributed by atoms with Gasteiger partial charge in [-0.15, -0.1) is 0 Å². The lowest BCUT2D eigenvalue weighted by molar-refractivity contribution is -0.141. The van der Waals surface area contributed by atoms with Crippen LogP contribution < -0.4 is 27.0 Å². The normalized spacial score (nSPS) is 13.6. The molecule has 47 heavy (non-hydrogen) atoms. The number of hydrogen-bond donors (Lipinski definition) is 6. The molecule has 1 heterocycles. The number of nitrogens with two attached hydrogens (primary N) is 1. The van der Waals surface area contributed by atoms with Crippen LogP contribution in [0.2, 0.25) is 0 Å². The molecule has 0 aliphatic rings. The molecule has 0 saturated carbocycles. The summed E-state index contributed by atoms with van der Waals surface area (Å²) in [5.74, 6) is -4.65. The Morgan fingerprint density at radius 3 is 2.19 bits per heavy atom. The number of rotatable bonds is 17. The molecule has 0 radical (unpaired) electrons. The van der Waals surface area contributed by atoms with Crippen molar-refractivity contribution in [2.24, 2.45) is 17.6 Å². The Morgan fingerprint density at radius 2 is 1.55 bits per heavy atom. The number of amides is 5. The molecule has 0 bridgehead atoms. The summed E-state index contributed by atoms with van der Waals surface area (Å²) < 4.78 is 5.26. The fourth-order valence-electron chi connectivity index (χ4n) is 4.89. The number of alkyl carbamates (subject to hydrolysis) is 1. The summed E-state index contributed by atoms with van der Waals surface area (Å²) in [5.41, 5.74) is 7.82. The average Bonchev–Trinajstić information content (AvgIpc) is 3.46. The van der Waals surface area contributed by atoms with Crippen LogP contribution in [-0.2, 0) is 41.7 Å². The molecule has 3 aromatic rings. The molecule has 5 amide bonds. The molecular formula is C34H44N6O7. The van der Waals surface area contributed by atoms with Crippen LogP contribution in [0.25, 0.3) is 10.9 Å². The van der Waals surface area contributed by atoms with Gasteiger partial charge < -0.3 is 36.7 Å². The number of para-hydroxylation sites is 1. The molecule has 3 rings (SSSR count). The van der Waals surface area contributed by atoms with Gasteiger partial charge in [-0.05, 0) is 41.3 Å². The van der Waals surface area contributed by atoms with E-state index in [0.29, 0.717) is 12.1 Å². The molecule has 0 aliphatic heterocycles. The van der Waals surface area contributed by atoms with Crippen LogP contribution in [-0.4, -0.2) is 65.2 Å². The third kappa shape index (κ3) is 11.3. The molecule has 7 N–H and O–H groups in total. The average molecular weight is 649 g/mol. The van der Waals surface area contributed by atoms with Crippen molar-refractivity contribution in [2.45, 2.75) is 71.7 Å². The first-order chi connectivity index (χ1) is 22.4. The Labute approximate surface area is 273 Å². The highest BCUT2D eigenvalue weighted by Gasteiger charge is 2.34. The van der Waals surface area contributed by atoms with Crippen LogP contribution in [0, 0.1) is 11.8 Å². The zero-order valence-corrected chi connectivity index (χ0v) is 27.1. The first kappa shape index (κ1) is 36.3. The van der Waals surface area contributed by atoms with E-state index in [0.717, 1.165) is 16.5 Å². The number of Topliss-reactive ketones (excluding diaryl/α,β-unsaturated/α-hetero) is 1. The summed E-state index contributed by atoms with van der Waals surface area (Å²) in [6, 6.07) is 15.1. The van der Waals surface area contributed by atoms with Crippen molar-refractivity contribution in [3.05, 3.63) is 71.9 Å². The van der Waals surface area contributed by atoms with Crippen molar-refractivity contribution >= 4 is 46.4 Å². The smallest absolute Gasteiger partial charge is 0.408 e. The van der Waals surface area contributed by atoms with Gasteiger partial charge in [0.05, 0.1) is 12.6 Å². The third-order valence-electron chi connectivity index (χ3n) is 7.64. The van der Waals surface area contributed by atoms with Crippen LogP contribution in [0.3, 0.4) is 0 Å². The number of aromatic amines is 1. The molecular weight excluding hydrogens is 604 g/mol. The van der Waals surface area contributed by atoms with Gasteiger partial charge in [-0.3, -0.25) is 24.0 Å². The Balaban J connectivity index is 1.58. The van der Waals surface area contributed by atoms with E-state index in [2.05, 4.69) is 26.3 Å². The van der Waals surface area contributed by atoms with E-state index in [1.54, 1.807) is 26.0 Å². The SMILES string of the molecule is CCC(C)C(NC(=O)C(CC(C)C)NC(=O)OCc1ccccc1)C(=O)C(=O)NCC(=O)NC(Cc1cc2ccccc2[nH]1)C(N)=O. The van der Waals surface area contributed by atoms with Crippen molar-refractivity contribution in [2.75, 3.05) is 6.54 Å². The summed E-state index contributed by atoms with van der Waals surface area (Å²) in [6.07, 6.45) is -0.0149. The summed E-state index contributed by atoms with van der Waals surface area (Å²) >= 11 is 0. The second kappa shape index (κ2) is 17.5. The largest absolute Gasteiger partial charge is 0.445 e. The number of nitrogens with one attached hydrogen (secondary N) is 5. The number of hydrogen-bond acceptors (Lipinski definition) is 7. The topological polar surface area (TPSA) is 202 Å². The van der Waals surface area contributed by atoms with Gasteiger partial charge in [0.1, 0.15) is 18.7 Å². The monoisotopic (exact) mass is 648 g/mol. The molecule has 1 aromatic heterocycles. The Bertz CT molecular complexity index is 1520.